The molecule has 0 unspecified atom stereocenters. The summed E-state index contributed by atoms with van der Waals surface area (Å²) in [5.74, 6) is -0.402. The highest BCUT2D eigenvalue weighted by Crippen LogP contribution is 2.45. The highest BCUT2D eigenvalue weighted by atomic mass is 32.1. The minimum Gasteiger partial charge on any atom is -0.329 e. The van der Waals surface area contributed by atoms with Crippen molar-refractivity contribution >= 4 is 49.8 Å². The Morgan fingerprint density at radius 1 is 1.09 bits per heavy atom. The lowest BCUT2D eigenvalue weighted by Gasteiger charge is -2.41. The van der Waals surface area contributed by atoms with E-state index in [0.717, 1.165) is 20.7 Å². The number of hydrogen-bond acceptors (Lipinski definition) is 5. The molecule has 1 N–H and O–H groups in total. The zero-order valence-corrected chi connectivity index (χ0v) is 19.5. The molecular weight excluding hydrogens is 438 g/mol. The van der Waals surface area contributed by atoms with Crippen LogP contribution in [0.1, 0.15) is 46.6 Å². The standard InChI is InChI=1S/C25H23N3O2S2/c1-15(2)14-28-22(20-12-7-13-31-20)21(16-8-3-4-9-17(16)24(28)30)23(29)27-25-26-18-10-5-6-11-19(18)32-25/h3-13,15,21-22H,14H2,1-2H3,(H,26,27,29)/t21-,22-/m1/s1. The van der Waals surface area contributed by atoms with E-state index in [1.807, 2.05) is 70.9 Å². The second-order valence-corrected chi connectivity index (χ2v) is 10.4. The summed E-state index contributed by atoms with van der Waals surface area (Å²) in [7, 11) is 0. The molecule has 32 heavy (non-hydrogen) atoms. The largest absolute Gasteiger partial charge is 0.329 e. The molecule has 5 rings (SSSR count). The molecule has 2 amide bonds. The Labute approximate surface area is 194 Å². The lowest BCUT2D eigenvalue weighted by molar-refractivity contribution is -0.119. The monoisotopic (exact) mass is 461 g/mol. The van der Waals surface area contributed by atoms with Crippen molar-refractivity contribution in [2.24, 2.45) is 5.92 Å². The number of hydrogen-bond donors (Lipinski definition) is 1. The number of nitrogens with zero attached hydrogens (tertiary/aromatic N) is 2. The van der Waals surface area contributed by atoms with Gasteiger partial charge in [-0.15, -0.1) is 11.3 Å². The molecule has 0 saturated heterocycles. The van der Waals surface area contributed by atoms with E-state index in [4.69, 9.17) is 0 Å². The van der Waals surface area contributed by atoms with Crippen LogP contribution >= 0.6 is 22.7 Å². The molecule has 2 atom stereocenters. The van der Waals surface area contributed by atoms with Crippen molar-refractivity contribution in [3.05, 3.63) is 82.0 Å². The number of fused-ring (bicyclic) bond motifs is 2. The van der Waals surface area contributed by atoms with Crippen LogP contribution in [0.2, 0.25) is 0 Å². The summed E-state index contributed by atoms with van der Waals surface area (Å²) in [6, 6.07) is 19.0. The van der Waals surface area contributed by atoms with Gasteiger partial charge in [0.25, 0.3) is 5.91 Å². The van der Waals surface area contributed by atoms with Gasteiger partial charge in [-0.25, -0.2) is 4.98 Å². The van der Waals surface area contributed by atoms with E-state index in [9.17, 15) is 9.59 Å². The number of carbonyl (C=O) groups is 2. The maximum Gasteiger partial charge on any atom is 0.254 e. The molecule has 0 radical (unpaired) electrons. The Bertz CT molecular complexity index is 1250. The van der Waals surface area contributed by atoms with E-state index in [2.05, 4.69) is 24.1 Å². The number of benzene rings is 2. The van der Waals surface area contributed by atoms with Gasteiger partial charge in [0.15, 0.2) is 5.13 Å². The molecule has 5 nitrogen and oxygen atoms in total. The van der Waals surface area contributed by atoms with Gasteiger partial charge in [-0.3, -0.25) is 9.59 Å². The molecule has 1 aliphatic rings. The van der Waals surface area contributed by atoms with Crippen molar-refractivity contribution in [3.8, 4) is 0 Å². The fourth-order valence-electron chi connectivity index (χ4n) is 4.35. The molecule has 3 heterocycles. The van der Waals surface area contributed by atoms with Crippen molar-refractivity contribution < 1.29 is 9.59 Å². The van der Waals surface area contributed by atoms with Gasteiger partial charge in [0.2, 0.25) is 5.91 Å². The summed E-state index contributed by atoms with van der Waals surface area (Å²) in [6.45, 7) is 4.77. The second kappa shape index (κ2) is 8.48. The van der Waals surface area contributed by atoms with E-state index >= 15 is 0 Å². The van der Waals surface area contributed by atoms with E-state index < -0.39 is 5.92 Å². The number of anilines is 1. The van der Waals surface area contributed by atoms with Crippen LogP contribution in [0, 0.1) is 5.92 Å². The SMILES string of the molecule is CC(C)CN1C(=O)c2ccccc2[C@@H](C(=O)Nc2nc3ccccc3s2)[C@H]1c1cccs1. The highest BCUT2D eigenvalue weighted by Gasteiger charge is 2.44. The fraction of sp³-hybridized carbons (Fsp3) is 0.240. The number of rotatable bonds is 5. The lowest BCUT2D eigenvalue weighted by atomic mass is 9.81. The summed E-state index contributed by atoms with van der Waals surface area (Å²) in [5.41, 5.74) is 2.24. The highest BCUT2D eigenvalue weighted by molar-refractivity contribution is 7.22. The number of thiophene rings is 1. The van der Waals surface area contributed by atoms with Gasteiger partial charge in [-0.05, 0) is 41.1 Å². The molecule has 0 saturated carbocycles. The molecular formula is C25H23N3O2S2. The summed E-state index contributed by atoms with van der Waals surface area (Å²) in [5, 5.41) is 5.63. The van der Waals surface area contributed by atoms with Crippen molar-refractivity contribution in [3.63, 3.8) is 0 Å². The van der Waals surface area contributed by atoms with Gasteiger partial charge < -0.3 is 10.2 Å². The average molecular weight is 462 g/mol. The average Bonchev–Trinajstić information content (AvgIpc) is 3.44. The lowest BCUT2D eigenvalue weighted by Crippen LogP contribution is -2.47. The zero-order valence-electron chi connectivity index (χ0n) is 17.8. The zero-order chi connectivity index (χ0) is 22.2. The van der Waals surface area contributed by atoms with E-state index in [1.54, 1.807) is 11.3 Å². The van der Waals surface area contributed by atoms with Crippen LogP contribution in [0.4, 0.5) is 5.13 Å². The maximum absolute atomic E-state index is 13.8. The summed E-state index contributed by atoms with van der Waals surface area (Å²) < 4.78 is 1.03. The van der Waals surface area contributed by atoms with E-state index in [0.29, 0.717) is 17.2 Å². The second-order valence-electron chi connectivity index (χ2n) is 8.35. The van der Waals surface area contributed by atoms with Gasteiger partial charge in [0, 0.05) is 17.0 Å². The minimum atomic E-state index is -0.520. The number of thiazole rings is 1. The normalized spacial score (nSPS) is 18.2. The van der Waals surface area contributed by atoms with Crippen molar-refractivity contribution in [2.45, 2.75) is 25.8 Å². The van der Waals surface area contributed by atoms with Crippen LogP contribution in [0.5, 0.6) is 0 Å². The molecule has 0 spiro atoms. The summed E-state index contributed by atoms with van der Waals surface area (Å²) >= 11 is 3.04. The van der Waals surface area contributed by atoms with E-state index in [-0.39, 0.29) is 23.8 Å². The van der Waals surface area contributed by atoms with Crippen LogP contribution in [-0.4, -0.2) is 28.2 Å². The van der Waals surface area contributed by atoms with Crippen molar-refractivity contribution in [1.29, 1.82) is 0 Å². The van der Waals surface area contributed by atoms with Crippen LogP contribution < -0.4 is 5.32 Å². The van der Waals surface area contributed by atoms with Crippen molar-refractivity contribution in [1.82, 2.24) is 9.88 Å². The van der Waals surface area contributed by atoms with Crippen LogP contribution in [-0.2, 0) is 4.79 Å². The Morgan fingerprint density at radius 2 is 1.88 bits per heavy atom. The Hall–Kier alpha value is -3.03. The molecule has 2 aromatic carbocycles. The van der Waals surface area contributed by atoms with Gasteiger partial charge >= 0.3 is 0 Å². The first-order chi connectivity index (χ1) is 15.5. The molecule has 1 aliphatic heterocycles. The molecule has 0 fully saturated rings. The number of carbonyl (C=O) groups excluding carboxylic acids is 2. The Balaban J connectivity index is 1.59. The Morgan fingerprint density at radius 3 is 2.62 bits per heavy atom. The predicted octanol–water partition coefficient (Wildman–Crippen LogP) is 5.93. The number of amides is 2. The first-order valence-electron chi connectivity index (χ1n) is 10.6. The quantitative estimate of drug-likeness (QED) is 0.400. The molecule has 162 valence electrons. The van der Waals surface area contributed by atoms with Gasteiger partial charge in [-0.2, -0.15) is 0 Å². The van der Waals surface area contributed by atoms with E-state index in [1.165, 1.54) is 11.3 Å². The summed E-state index contributed by atoms with van der Waals surface area (Å²) in [6.07, 6.45) is 0. The van der Waals surface area contributed by atoms with Crippen LogP contribution in [0.25, 0.3) is 10.2 Å². The van der Waals surface area contributed by atoms with Crippen molar-refractivity contribution in [2.75, 3.05) is 11.9 Å². The van der Waals surface area contributed by atoms with Crippen LogP contribution in [0.15, 0.2) is 66.0 Å². The third-order valence-corrected chi connectivity index (χ3v) is 7.54. The first-order valence-corrected chi connectivity index (χ1v) is 12.3. The predicted molar refractivity (Wildman–Crippen MR) is 130 cm³/mol. The fourth-order valence-corrected chi connectivity index (χ4v) is 6.10. The number of nitrogens with one attached hydrogen (secondary N) is 1. The molecule has 2 aromatic heterocycles. The smallest absolute Gasteiger partial charge is 0.254 e. The molecule has 7 heteroatoms. The van der Waals surface area contributed by atoms with Gasteiger partial charge in [-0.1, -0.05) is 61.6 Å². The molecule has 4 aromatic rings. The third-order valence-electron chi connectivity index (χ3n) is 5.64. The minimum absolute atomic E-state index is 0.0169. The summed E-state index contributed by atoms with van der Waals surface area (Å²) in [4.78, 5) is 34.7. The van der Waals surface area contributed by atoms with Gasteiger partial charge in [0.1, 0.15) is 0 Å². The topological polar surface area (TPSA) is 62.3 Å². The van der Waals surface area contributed by atoms with Gasteiger partial charge in [0.05, 0.1) is 22.2 Å². The molecule has 0 aliphatic carbocycles. The third kappa shape index (κ3) is 3.72. The Kier molecular flexibility index (Phi) is 5.53. The van der Waals surface area contributed by atoms with Crippen LogP contribution in [0.3, 0.4) is 0 Å². The number of aromatic nitrogens is 1. The number of para-hydroxylation sites is 1. The maximum atomic E-state index is 13.8. The first kappa shape index (κ1) is 20.8. The molecule has 0 bridgehead atoms.